The van der Waals surface area contributed by atoms with Crippen molar-refractivity contribution in [1.82, 2.24) is 9.55 Å². The second-order valence-corrected chi connectivity index (χ2v) is 4.87. The Morgan fingerprint density at radius 2 is 2.06 bits per heavy atom. The molecule has 18 heavy (non-hydrogen) atoms. The Morgan fingerprint density at radius 1 is 1.28 bits per heavy atom. The fourth-order valence-corrected chi connectivity index (χ4v) is 2.78. The molecule has 1 fully saturated rings. The number of benzene rings is 1. The van der Waals surface area contributed by atoms with Crippen molar-refractivity contribution in [2.24, 2.45) is 0 Å². The van der Waals surface area contributed by atoms with Crippen LogP contribution in [0.25, 0.3) is 11.0 Å². The van der Waals surface area contributed by atoms with Crippen molar-refractivity contribution in [3.05, 3.63) is 34.6 Å². The Bertz CT molecular complexity index is 585. The summed E-state index contributed by atoms with van der Waals surface area (Å²) in [6, 6.07) is 5.43. The Labute approximate surface area is 105 Å². The van der Waals surface area contributed by atoms with Gasteiger partial charge in [0.1, 0.15) is 0 Å². The first-order valence-electron chi connectivity index (χ1n) is 6.37. The minimum Gasteiger partial charge on any atom is -0.327 e. The lowest BCUT2D eigenvalue weighted by atomic mass is 9.95. The van der Waals surface area contributed by atoms with Crippen LogP contribution >= 0.6 is 0 Å². The molecule has 0 unspecified atom stereocenters. The predicted molar refractivity (Wildman–Crippen MR) is 68.5 cm³/mol. The SMILES string of the molecule is O=[N+]([O-])c1ccc2c(c1)ncn2C1CCCCC1. The third-order valence-corrected chi connectivity index (χ3v) is 3.74. The van der Waals surface area contributed by atoms with Crippen molar-refractivity contribution >= 4 is 16.7 Å². The molecule has 0 bridgehead atoms. The third kappa shape index (κ3) is 1.85. The van der Waals surface area contributed by atoms with Crippen molar-refractivity contribution in [3.63, 3.8) is 0 Å². The number of nitrogens with zero attached hydrogens (tertiary/aromatic N) is 3. The number of rotatable bonds is 2. The molecule has 1 saturated carbocycles. The van der Waals surface area contributed by atoms with Gasteiger partial charge in [-0.15, -0.1) is 0 Å². The van der Waals surface area contributed by atoms with Gasteiger partial charge in [0.15, 0.2) is 0 Å². The highest BCUT2D eigenvalue weighted by atomic mass is 16.6. The summed E-state index contributed by atoms with van der Waals surface area (Å²) in [6.07, 6.45) is 8.03. The molecule has 0 N–H and O–H groups in total. The number of nitro groups is 1. The smallest absolute Gasteiger partial charge is 0.271 e. The summed E-state index contributed by atoms with van der Waals surface area (Å²) in [7, 11) is 0. The van der Waals surface area contributed by atoms with E-state index in [4.69, 9.17) is 0 Å². The van der Waals surface area contributed by atoms with Crippen LogP contribution in [0.1, 0.15) is 38.1 Å². The molecule has 0 radical (unpaired) electrons. The molecule has 5 heteroatoms. The van der Waals surface area contributed by atoms with Gasteiger partial charge in [0.25, 0.3) is 5.69 Å². The second kappa shape index (κ2) is 4.40. The maximum absolute atomic E-state index is 10.7. The van der Waals surface area contributed by atoms with Gasteiger partial charge in [-0.25, -0.2) is 4.98 Å². The van der Waals surface area contributed by atoms with Crippen LogP contribution in [-0.2, 0) is 0 Å². The molecule has 1 aliphatic carbocycles. The molecular formula is C13H15N3O2. The number of hydrogen-bond acceptors (Lipinski definition) is 3. The second-order valence-electron chi connectivity index (χ2n) is 4.87. The maximum atomic E-state index is 10.7. The average molecular weight is 245 g/mol. The molecular weight excluding hydrogens is 230 g/mol. The van der Waals surface area contributed by atoms with E-state index in [0.717, 1.165) is 11.0 Å². The fourth-order valence-electron chi connectivity index (χ4n) is 2.78. The van der Waals surface area contributed by atoms with E-state index in [1.807, 2.05) is 12.4 Å². The first kappa shape index (κ1) is 11.2. The lowest BCUT2D eigenvalue weighted by Gasteiger charge is -2.23. The third-order valence-electron chi connectivity index (χ3n) is 3.74. The summed E-state index contributed by atoms with van der Waals surface area (Å²) < 4.78 is 2.18. The lowest BCUT2D eigenvalue weighted by molar-refractivity contribution is -0.384. The summed E-state index contributed by atoms with van der Waals surface area (Å²) in [4.78, 5) is 14.6. The van der Waals surface area contributed by atoms with Crippen LogP contribution in [0.15, 0.2) is 24.5 Å². The molecule has 0 saturated heterocycles. The van der Waals surface area contributed by atoms with Gasteiger partial charge in [0.2, 0.25) is 0 Å². The van der Waals surface area contributed by atoms with E-state index >= 15 is 0 Å². The molecule has 0 atom stereocenters. The molecule has 2 aromatic rings. The lowest BCUT2D eigenvalue weighted by Crippen LogP contribution is -2.11. The van der Waals surface area contributed by atoms with Crippen molar-refractivity contribution in [2.75, 3.05) is 0 Å². The maximum Gasteiger partial charge on any atom is 0.271 e. The van der Waals surface area contributed by atoms with E-state index < -0.39 is 0 Å². The van der Waals surface area contributed by atoms with Crippen molar-refractivity contribution < 1.29 is 4.92 Å². The highest BCUT2D eigenvalue weighted by molar-refractivity contribution is 5.78. The molecule has 1 aromatic carbocycles. The van der Waals surface area contributed by atoms with Gasteiger partial charge in [-0.2, -0.15) is 0 Å². The molecule has 0 spiro atoms. The Kier molecular flexibility index (Phi) is 2.74. The molecule has 3 rings (SSSR count). The van der Waals surface area contributed by atoms with Gasteiger partial charge < -0.3 is 4.57 Å². The highest BCUT2D eigenvalue weighted by Crippen LogP contribution is 2.31. The molecule has 0 amide bonds. The van der Waals surface area contributed by atoms with Gasteiger partial charge in [-0.1, -0.05) is 19.3 Å². The van der Waals surface area contributed by atoms with Gasteiger partial charge in [-0.3, -0.25) is 10.1 Å². The number of fused-ring (bicyclic) bond motifs is 1. The van der Waals surface area contributed by atoms with Crippen LogP contribution in [0.3, 0.4) is 0 Å². The van der Waals surface area contributed by atoms with Crippen LogP contribution < -0.4 is 0 Å². The zero-order valence-electron chi connectivity index (χ0n) is 10.1. The van der Waals surface area contributed by atoms with Crippen LogP contribution in [0.2, 0.25) is 0 Å². The number of nitro benzene ring substituents is 1. The molecule has 1 aliphatic rings. The summed E-state index contributed by atoms with van der Waals surface area (Å²) in [5.41, 5.74) is 1.83. The first-order chi connectivity index (χ1) is 8.75. The number of non-ortho nitro benzene ring substituents is 1. The Hall–Kier alpha value is -1.91. The van der Waals surface area contributed by atoms with E-state index in [0.29, 0.717) is 6.04 Å². The van der Waals surface area contributed by atoms with Crippen molar-refractivity contribution in [3.8, 4) is 0 Å². The minimum atomic E-state index is -0.376. The summed E-state index contributed by atoms with van der Waals surface area (Å²) in [5, 5.41) is 10.7. The minimum absolute atomic E-state index is 0.108. The quantitative estimate of drug-likeness (QED) is 0.601. The monoisotopic (exact) mass is 245 g/mol. The zero-order chi connectivity index (χ0) is 12.5. The normalized spacial score (nSPS) is 17.1. The van der Waals surface area contributed by atoms with Crippen molar-refractivity contribution in [1.29, 1.82) is 0 Å². The number of aromatic nitrogens is 2. The summed E-state index contributed by atoms with van der Waals surface area (Å²) >= 11 is 0. The Morgan fingerprint density at radius 3 is 2.78 bits per heavy atom. The highest BCUT2D eigenvalue weighted by Gasteiger charge is 2.18. The van der Waals surface area contributed by atoms with Crippen molar-refractivity contribution in [2.45, 2.75) is 38.1 Å². The number of imidazole rings is 1. The van der Waals surface area contributed by atoms with Crippen LogP contribution in [0, 0.1) is 10.1 Å². The van der Waals surface area contributed by atoms with E-state index in [1.165, 1.54) is 32.1 Å². The predicted octanol–water partition coefficient (Wildman–Crippen LogP) is 3.45. The molecule has 94 valence electrons. The topological polar surface area (TPSA) is 61.0 Å². The molecule has 1 aromatic heterocycles. The molecule has 1 heterocycles. The summed E-state index contributed by atoms with van der Waals surface area (Å²) in [6.45, 7) is 0. The van der Waals surface area contributed by atoms with Gasteiger partial charge >= 0.3 is 0 Å². The number of hydrogen-bond donors (Lipinski definition) is 0. The van der Waals surface area contributed by atoms with Crippen LogP contribution in [-0.4, -0.2) is 14.5 Å². The van der Waals surface area contributed by atoms with Gasteiger partial charge in [0, 0.05) is 18.2 Å². The van der Waals surface area contributed by atoms with Crippen LogP contribution in [0.4, 0.5) is 5.69 Å². The standard InChI is InChI=1S/C13H15N3O2/c17-16(18)11-6-7-13-12(8-11)14-9-15(13)10-4-2-1-3-5-10/h6-10H,1-5H2. The summed E-state index contributed by atoms with van der Waals surface area (Å²) in [5.74, 6) is 0. The first-order valence-corrected chi connectivity index (χ1v) is 6.37. The van der Waals surface area contributed by atoms with Gasteiger partial charge in [-0.05, 0) is 18.9 Å². The average Bonchev–Trinajstić information content (AvgIpc) is 2.82. The largest absolute Gasteiger partial charge is 0.327 e. The zero-order valence-corrected chi connectivity index (χ0v) is 10.1. The van der Waals surface area contributed by atoms with E-state index in [9.17, 15) is 10.1 Å². The molecule has 5 nitrogen and oxygen atoms in total. The van der Waals surface area contributed by atoms with Gasteiger partial charge in [0.05, 0.1) is 22.3 Å². The fraction of sp³-hybridized carbons (Fsp3) is 0.462. The Balaban J connectivity index is 2.01. The molecule has 0 aliphatic heterocycles. The van der Waals surface area contributed by atoms with Crippen LogP contribution in [0.5, 0.6) is 0 Å². The van der Waals surface area contributed by atoms with E-state index in [1.54, 1.807) is 12.1 Å². The van der Waals surface area contributed by atoms with E-state index in [-0.39, 0.29) is 10.6 Å². The van der Waals surface area contributed by atoms with E-state index in [2.05, 4.69) is 9.55 Å².